The molecule has 0 spiro atoms. The van der Waals surface area contributed by atoms with Crippen molar-refractivity contribution in [1.29, 1.82) is 0 Å². The third kappa shape index (κ3) is 3.80. The molecule has 5 aliphatic rings. The Labute approximate surface area is 232 Å². The van der Waals surface area contributed by atoms with Crippen LogP contribution in [0.3, 0.4) is 0 Å². The Morgan fingerprint density at radius 3 is 2.21 bits per heavy atom. The number of carbonyl (C=O) groups excluding carboxylic acids is 2. The van der Waals surface area contributed by atoms with Gasteiger partial charge in [0.15, 0.2) is 0 Å². The maximum atomic E-state index is 11.9. The van der Waals surface area contributed by atoms with E-state index in [4.69, 9.17) is 9.47 Å². The molecule has 214 valence electrons. The number of fused-ring (bicyclic) bond motifs is 7. The molecule has 0 aromatic carbocycles. The van der Waals surface area contributed by atoms with Crippen LogP contribution in [0.15, 0.2) is 12.2 Å². The van der Waals surface area contributed by atoms with Crippen molar-refractivity contribution in [2.45, 2.75) is 126 Å². The average Bonchev–Trinajstić information content (AvgIpc) is 2.82. The van der Waals surface area contributed by atoms with Crippen molar-refractivity contribution in [2.24, 2.45) is 56.7 Å². The molecule has 5 saturated carbocycles. The van der Waals surface area contributed by atoms with E-state index in [0.29, 0.717) is 36.2 Å². The molecule has 0 heterocycles. The Hall–Kier alpha value is -1.32. The summed E-state index contributed by atoms with van der Waals surface area (Å²) >= 11 is 0. The first-order chi connectivity index (χ1) is 17.6. The highest BCUT2D eigenvalue weighted by molar-refractivity contribution is 5.66. The van der Waals surface area contributed by atoms with Gasteiger partial charge in [-0.3, -0.25) is 9.59 Å². The van der Waals surface area contributed by atoms with Gasteiger partial charge < -0.3 is 9.47 Å². The fourth-order valence-corrected chi connectivity index (χ4v) is 12.1. The van der Waals surface area contributed by atoms with E-state index in [0.717, 1.165) is 32.1 Å². The van der Waals surface area contributed by atoms with Crippen LogP contribution >= 0.6 is 0 Å². The summed E-state index contributed by atoms with van der Waals surface area (Å²) in [4.78, 5) is 23.9. The molecule has 5 rings (SSSR count). The predicted octanol–water partition coefficient (Wildman–Crippen LogP) is 8.14. The minimum atomic E-state index is -0.141. The second-order valence-electron chi connectivity index (χ2n) is 15.7. The van der Waals surface area contributed by atoms with E-state index < -0.39 is 0 Å². The van der Waals surface area contributed by atoms with Crippen molar-refractivity contribution in [2.75, 3.05) is 6.61 Å². The Bertz CT molecular complexity index is 998. The lowest BCUT2D eigenvalue weighted by Crippen LogP contribution is -2.67. The standard InChI is InChI=1S/C34H54O4/c1-21-12-17-34(20-37-23(3)35)19-18-32(8)25(29(34)22(21)2)10-11-27-31(7)15-14-28(38-24(4)36)30(5,6)26(31)13-16-33(27,32)9/h22,25-29H,1,10-20H2,2-9H3. The summed E-state index contributed by atoms with van der Waals surface area (Å²) in [5, 5.41) is 0. The summed E-state index contributed by atoms with van der Waals surface area (Å²) < 4.78 is 11.7. The van der Waals surface area contributed by atoms with E-state index in [2.05, 4.69) is 48.1 Å². The topological polar surface area (TPSA) is 52.6 Å². The Morgan fingerprint density at radius 2 is 1.55 bits per heavy atom. The molecule has 5 aliphatic carbocycles. The Morgan fingerprint density at radius 1 is 0.842 bits per heavy atom. The predicted molar refractivity (Wildman–Crippen MR) is 151 cm³/mol. The highest BCUT2D eigenvalue weighted by atomic mass is 16.5. The maximum Gasteiger partial charge on any atom is 0.302 e. The normalized spacial score (nSPS) is 49.5. The molecule has 0 amide bonds. The zero-order valence-corrected chi connectivity index (χ0v) is 25.6. The van der Waals surface area contributed by atoms with Gasteiger partial charge in [0.05, 0.1) is 6.61 Å². The van der Waals surface area contributed by atoms with Gasteiger partial charge in [-0.05, 0) is 110 Å². The SMILES string of the molecule is C=C1CCC2(COC(C)=O)CCC3(C)C(CCC4C5(C)CCC(OC(C)=O)C(C)(C)C5CCC43C)C2C1C. The van der Waals surface area contributed by atoms with Crippen LogP contribution in [0.2, 0.25) is 0 Å². The van der Waals surface area contributed by atoms with Gasteiger partial charge >= 0.3 is 11.9 Å². The van der Waals surface area contributed by atoms with Crippen LogP contribution in [0.1, 0.15) is 120 Å². The molecule has 0 aromatic rings. The van der Waals surface area contributed by atoms with Gasteiger partial charge in [0.25, 0.3) is 0 Å². The fourth-order valence-electron chi connectivity index (χ4n) is 12.1. The molecule has 0 bridgehead atoms. The van der Waals surface area contributed by atoms with Gasteiger partial charge in [0.2, 0.25) is 0 Å². The number of ether oxygens (including phenoxy) is 2. The van der Waals surface area contributed by atoms with Crippen LogP contribution < -0.4 is 0 Å². The fraction of sp³-hybridized carbons (Fsp3) is 0.882. The van der Waals surface area contributed by atoms with Gasteiger partial charge in [-0.15, -0.1) is 0 Å². The molecule has 10 atom stereocenters. The summed E-state index contributed by atoms with van der Waals surface area (Å²) in [6.07, 6.45) is 11.8. The highest BCUT2D eigenvalue weighted by Crippen LogP contribution is 2.77. The van der Waals surface area contributed by atoms with E-state index in [1.54, 1.807) is 13.8 Å². The van der Waals surface area contributed by atoms with Crippen LogP contribution in [0, 0.1) is 56.7 Å². The molecule has 0 radical (unpaired) electrons. The number of hydrogen-bond acceptors (Lipinski definition) is 4. The van der Waals surface area contributed by atoms with Gasteiger partial charge in [0, 0.05) is 24.7 Å². The van der Waals surface area contributed by atoms with Crippen molar-refractivity contribution in [1.82, 2.24) is 0 Å². The van der Waals surface area contributed by atoms with Crippen LogP contribution in [0.25, 0.3) is 0 Å². The summed E-state index contributed by atoms with van der Waals surface area (Å²) in [6.45, 7) is 23.3. The first kappa shape index (κ1) is 28.2. The zero-order chi connectivity index (χ0) is 27.9. The smallest absolute Gasteiger partial charge is 0.302 e. The first-order valence-electron chi connectivity index (χ1n) is 15.6. The largest absolute Gasteiger partial charge is 0.465 e. The quantitative estimate of drug-likeness (QED) is 0.275. The van der Waals surface area contributed by atoms with E-state index in [1.165, 1.54) is 37.7 Å². The maximum absolute atomic E-state index is 11.9. The van der Waals surface area contributed by atoms with Crippen molar-refractivity contribution in [3.63, 3.8) is 0 Å². The minimum Gasteiger partial charge on any atom is -0.465 e. The van der Waals surface area contributed by atoms with Crippen molar-refractivity contribution < 1.29 is 19.1 Å². The molecule has 10 unspecified atom stereocenters. The van der Waals surface area contributed by atoms with Crippen molar-refractivity contribution in [3.05, 3.63) is 12.2 Å². The highest BCUT2D eigenvalue weighted by Gasteiger charge is 2.70. The molecule has 0 aliphatic heterocycles. The molecule has 0 N–H and O–H groups in total. The molecule has 38 heavy (non-hydrogen) atoms. The minimum absolute atomic E-state index is 0.000867. The molecular weight excluding hydrogens is 472 g/mol. The number of hydrogen-bond donors (Lipinski definition) is 0. The second kappa shape index (κ2) is 9.10. The summed E-state index contributed by atoms with van der Waals surface area (Å²) in [6, 6.07) is 0. The third-order valence-electron chi connectivity index (χ3n) is 14.2. The monoisotopic (exact) mass is 526 g/mol. The molecular formula is C34H54O4. The summed E-state index contributed by atoms with van der Waals surface area (Å²) in [5.41, 5.74) is 2.35. The second-order valence-corrected chi connectivity index (χ2v) is 15.7. The lowest BCUT2D eigenvalue weighted by molar-refractivity contribution is -0.258. The van der Waals surface area contributed by atoms with E-state index in [1.807, 2.05) is 0 Å². The molecule has 0 saturated heterocycles. The van der Waals surface area contributed by atoms with Gasteiger partial charge in [-0.2, -0.15) is 0 Å². The summed E-state index contributed by atoms with van der Waals surface area (Å²) in [7, 11) is 0. The van der Waals surface area contributed by atoms with E-state index >= 15 is 0 Å². The van der Waals surface area contributed by atoms with E-state index in [9.17, 15) is 9.59 Å². The third-order valence-corrected chi connectivity index (χ3v) is 14.2. The molecule has 4 nitrogen and oxygen atoms in total. The van der Waals surface area contributed by atoms with Gasteiger partial charge in [-0.1, -0.05) is 53.7 Å². The Balaban J connectivity index is 1.49. The average molecular weight is 527 g/mol. The Kier molecular flexibility index (Phi) is 6.76. The lowest BCUT2D eigenvalue weighted by atomic mass is 9.31. The van der Waals surface area contributed by atoms with E-state index in [-0.39, 0.29) is 45.1 Å². The van der Waals surface area contributed by atoms with Crippen LogP contribution in [-0.2, 0) is 19.1 Å². The number of rotatable bonds is 3. The number of allylic oxidation sites excluding steroid dienone is 1. The first-order valence-corrected chi connectivity index (χ1v) is 15.6. The van der Waals surface area contributed by atoms with Crippen molar-refractivity contribution in [3.8, 4) is 0 Å². The zero-order valence-electron chi connectivity index (χ0n) is 25.6. The van der Waals surface area contributed by atoms with Crippen LogP contribution in [0.4, 0.5) is 0 Å². The number of carbonyl (C=O) groups is 2. The lowest BCUT2D eigenvalue weighted by Gasteiger charge is -2.74. The van der Waals surface area contributed by atoms with Gasteiger partial charge in [0.1, 0.15) is 6.10 Å². The molecule has 4 heteroatoms. The van der Waals surface area contributed by atoms with Crippen LogP contribution in [-0.4, -0.2) is 24.6 Å². The number of esters is 2. The summed E-state index contributed by atoms with van der Waals surface area (Å²) in [5.74, 6) is 2.66. The molecule has 5 fully saturated rings. The van der Waals surface area contributed by atoms with Crippen molar-refractivity contribution >= 4 is 11.9 Å². The molecule has 0 aromatic heterocycles. The van der Waals surface area contributed by atoms with Crippen LogP contribution in [0.5, 0.6) is 0 Å². The van der Waals surface area contributed by atoms with Gasteiger partial charge in [-0.25, -0.2) is 0 Å².